The first-order valence-electron chi connectivity index (χ1n) is 6.89. The molecule has 1 aliphatic heterocycles. The second-order valence-electron chi connectivity index (χ2n) is 5.13. The predicted octanol–water partition coefficient (Wildman–Crippen LogP) is -1.06. The topological polar surface area (TPSA) is 120 Å². The maximum Gasteiger partial charge on any atom is 0.330 e. The summed E-state index contributed by atoms with van der Waals surface area (Å²) in [7, 11) is 1.44. The van der Waals surface area contributed by atoms with Crippen molar-refractivity contribution in [3.8, 4) is 0 Å². The maximum atomic E-state index is 11.9. The summed E-state index contributed by atoms with van der Waals surface area (Å²) >= 11 is 0. The first-order valence-corrected chi connectivity index (χ1v) is 6.89. The van der Waals surface area contributed by atoms with Gasteiger partial charge in [0.05, 0.1) is 0 Å². The zero-order valence-electron chi connectivity index (χ0n) is 12.1. The molecule has 1 unspecified atom stereocenters. The van der Waals surface area contributed by atoms with Gasteiger partial charge in [-0.3, -0.25) is 14.3 Å². The van der Waals surface area contributed by atoms with Crippen LogP contribution < -0.4 is 17.0 Å². The number of aromatic amines is 1. The van der Waals surface area contributed by atoms with Crippen molar-refractivity contribution in [2.24, 2.45) is 5.73 Å². The Hall–Kier alpha value is -1.48. The van der Waals surface area contributed by atoms with Gasteiger partial charge in [-0.2, -0.15) is 0 Å². The number of ether oxygens (including phenoxy) is 2. The van der Waals surface area contributed by atoms with Crippen LogP contribution in [0.4, 0.5) is 0 Å². The first kappa shape index (κ1) is 15.9. The van der Waals surface area contributed by atoms with Gasteiger partial charge in [0.2, 0.25) is 0 Å². The molecule has 4 atom stereocenters. The number of nitrogens with zero attached hydrogens (tertiary/aromatic N) is 1. The molecule has 1 aliphatic rings. The van der Waals surface area contributed by atoms with E-state index in [1.54, 1.807) is 0 Å². The summed E-state index contributed by atoms with van der Waals surface area (Å²) in [5.74, 6) is 0. The molecule has 1 aromatic heterocycles. The quantitative estimate of drug-likeness (QED) is 0.637. The maximum absolute atomic E-state index is 11.9. The summed E-state index contributed by atoms with van der Waals surface area (Å²) in [4.78, 5) is 25.2. The molecule has 0 aliphatic carbocycles. The average Bonchev–Trinajstić information content (AvgIpc) is 2.72. The minimum absolute atomic E-state index is 0.342. The van der Waals surface area contributed by atoms with Crippen molar-refractivity contribution >= 4 is 0 Å². The molecule has 8 heteroatoms. The average molecular weight is 299 g/mol. The van der Waals surface area contributed by atoms with E-state index in [-0.39, 0.29) is 0 Å². The normalized spacial score (nSPS) is 32.5. The van der Waals surface area contributed by atoms with Crippen molar-refractivity contribution in [1.29, 1.82) is 0 Å². The number of nitrogens with one attached hydrogen (secondary N) is 1. The second kappa shape index (κ2) is 6.10. The van der Waals surface area contributed by atoms with Gasteiger partial charge in [-0.15, -0.1) is 0 Å². The Balaban J connectivity index is 2.44. The second-order valence-corrected chi connectivity index (χ2v) is 5.13. The van der Waals surface area contributed by atoms with Crippen LogP contribution in [0.5, 0.6) is 0 Å². The molecule has 0 amide bonds. The van der Waals surface area contributed by atoms with E-state index in [2.05, 4.69) is 4.98 Å². The number of rotatable bonds is 5. The minimum Gasteiger partial charge on any atom is -0.387 e. The van der Waals surface area contributed by atoms with Gasteiger partial charge in [0.1, 0.15) is 17.8 Å². The highest BCUT2D eigenvalue weighted by Gasteiger charge is 2.54. The first-order chi connectivity index (χ1) is 9.99. The van der Waals surface area contributed by atoms with Gasteiger partial charge in [-0.05, 0) is 19.4 Å². The van der Waals surface area contributed by atoms with Crippen LogP contribution in [0.25, 0.3) is 0 Å². The van der Waals surface area contributed by atoms with Crippen LogP contribution in [0, 0.1) is 0 Å². The highest BCUT2D eigenvalue weighted by atomic mass is 16.6. The lowest BCUT2D eigenvalue weighted by Crippen LogP contribution is -2.44. The number of aromatic nitrogens is 2. The molecule has 118 valence electrons. The summed E-state index contributed by atoms with van der Waals surface area (Å²) in [5, 5.41) is 10.5. The van der Waals surface area contributed by atoms with Crippen LogP contribution >= 0.6 is 0 Å². The monoisotopic (exact) mass is 299 g/mol. The van der Waals surface area contributed by atoms with Gasteiger partial charge in [0.15, 0.2) is 6.23 Å². The van der Waals surface area contributed by atoms with Gasteiger partial charge in [0.25, 0.3) is 5.56 Å². The van der Waals surface area contributed by atoms with Crippen molar-refractivity contribution in [2.75, 3.05) is 13.7 Å². The Labute approximate surface area is 121 Å². The van der Waals surface area contributed by atoms with Gasteiger partial charge >= 0.3 is 5.69 Å². The van der Waals surface area contributed by atoms with Gasteiger partial charge in [-0.25, -0.2) is 4.79 Å². The number of H-pyrrole nitrogens is 1. The molecule has 0 aromatic carbocycles. The Bertz CT molecular complexity index is 598. The fourth-order valence-corrected chi connectivity index (χ4v) is 2.84. The zero-order chi connectivity index (χ0) is 15.6. The smallest absolute Gasteiger partial charge is 0.330 e. The Morgan fingerprint density at radius 3 is 2.81 bits per heavy atom. The summed E-state index contributed by atoms with van der Waals surface area (Å²) in [6, 6.07) is 1.22. The SMILES string of the molecule is CC[C@@]1(CCN)O[C@@H](n2ccc(=O)[nH]c2=O)C(OC)[C@H]1O. The van der Waals surface area contributed by atoms with Crippen LogP contribution in [-0.2, 0) is 9.47 Å². The largest absolute Gasteiger partial charge is 0.387 e. The van der Waals surface area contributed by atoms with Crippen molar-refractivity contribution in [1.82, 2.24) is 9.55 Å². The third-order valence-corrected chi connectivity index (χ3v) is 4.05. The highest BCUT2D eigenvalue weighted by Crippen LogP contribution is 2.41. The van der Waals surface area contributed by atoms with E-state index in [0.717, 1.165) is 0 Å². The molecule has 2 rings (SSSR count). The minimum atomic E-state index is -0.917. The van der Waals surface area contributed by atoms with E-state index < -0.39 is 35.3 Å². The number of aliphatic hydroxyl groups excluding tert-OH is 1. The summed E-state index contributed by atoms with van der Waals surface area (Å²) < 4.78 is 12.5. The van der Waals surface area contributed by atoms with Crippen LogP contribution in [0.3, 0.4) is 0 Å². The van der Waals surface area contributed by atoms with Crippen molar-refractivity contribution in [3.63, 3.8) is 0 Å². The number of hydrogen-bond donors (Lipinski definition) is 3. The van der Waals surface area contributed by atoms with E-state index in [1.807, 2.05) is 6.92 Å². The third kappa shape index (κ3) is 2.67. The van der Waals surface area contributed by atoms with Crippen molar-refractivity contribution < 1.29 is 14.6 Å². The molecule has 0 saturated carbocycles. The summed E-state index contributed by atoms with van der Waals surface area (Å²) in [6.07, 6.45) is -0.154. The molecule has 2 heterocycles. The van der Waals surface area contributed by atoms with Crippen LogP contribution in [-0.4, -0.2) is 46.1 Å². The summed E-state index contributed by atoms with van der Waals surface area (Å²) in [5.41, 5.74) is 3.64. The molecule has 1 fully saturated rings. The lowest BCUT2D eigenvalue weighted by molar-refractivity contribution is -0.111. The lowest BCUT2D eigenvalue weighted by Gasteiger charge is -2.30. The molecular formula is C13H21N3O5. The fourth-order valence-electron chi connectivity index (χ4n) is 2.84. The number of nitrogens with two attached hydrogens (primary N) is 1. The fraction of sp³-hybridized carbons (Fsp3) is 0.692. The van der Waals surface area contributed by atoms with Crippen molar-refractivity contribution in [2.45, 2.75) is 43.8 Å². The molecule has 0 radical (unpaired) electrons. The number of methoxy groups -OCH3 is 1. The predicted molar refractivity (Wildman–Crippen MR) is 74.9 cm³/mol. The molecule has 1 saturated heterocycles. The molecule has 0 bridgehead atoms. The lowest BCUT2D eigenvalue weighted by atomic mass is 9.89. The van der Waals surface area contributed by atoms with E-state index in [9.17, 15) is 14.7 Å². The molecule has 8 nitrogen and oxygen atoms in total. The molecule has 21 heavy (non-hydrogen) atoms. The van der Waals surface area contributed by atoms with Crippen LogP contribution in [0.1, 0.15) is 26.0 Å². The molecular weight excluding hydrogens is 278 g/mol. The molecule has 4 N–H and O–H groups in total. The van der Waals surface area contributed by atoms with E-state index in [0.29, 0.717) is 19.4 Å². The Kier molecular flexibility index (Phi) is 4.62. The van der Waals surface area contributed by atoms with Gasteiger partial charge < -0.3 is 20.3 Å². The Morgan fingerprint density at radius 1 is 1.57 bits per heavy atom. The standard InChI is InChI=1S/C13H21N3O5/c1-3-13(5-6-14)10(18)9(20-2)11(21-13)16-7-4-8(17)15-12(16)19/h4,7,9-11,18H,3,5-6,14H2,1-2H3,(H,15,17,19)/t9?,10-,11-,13+/m1/s1. The Morgan fingerprint density at radius 2 is 2.29 bits per heavy atom. The van der Waals surface area contributed by atoms with Crippen molar-refractivity contribution in [3.05, 3.63) is 33.1 Å². The van der Waals surface area contributed by atoms with Crippen LogP contribution in [0.15, 0.2) is 21.9 Å². The summed E-state index contributed by atoms with van der Waals surface area (Å²) in [6.45, 7) is 2.22. The highest BCUT2D eigenvalue weighted by molar-refractivity contribution is 5.02. The van der Waals surface area contributed by atoms with E-state index in [1.165, 1.54) is 23.9 Å². The molecule has 0 spiro atoms. The van der Waals surface area contributed by atoms with E-state index >= 15 is 0 Å². The van der Waals surface area contributed by atoms with E-state index in [4.69, 9.17) is 15.2 Å². The number of hydrogen-bond acceptors (Lipinski definition) is 6. The molecule has 1 aromatic rings. The number of aliphatic hydroxyl groups is 1. The van der Waals surface area contributed by atoms with Gasteiger partial charge in [-0.1, -0.05) is 6.92 Å². The van der Waals surface area contributed by atoms with Crippen LogP contribution in [0.2, 0.25) is 0 Å². The third-order valence-electron chi connectivity index (χ3n) is 4.05. The zero-order valence-corrected chi connectivity index (χ0v) is 12.1. The van der Waals surface area contributed by atoms with Gasteiger partial charge in [0, 0.05) is 19.4 Å².